The SMILES string of the molecule is COC(=O)c1ccc(S(=O)(=O)N(C)C2CCNC2)c(OC)c1. The van der Waals surface area contributed by atoms with E-state index in [1.807, 2.05) is 0 Å². The van der Waals surface area contributed by atoms with E-state index in [1.165, 1.54) is 36.7 Å². The molecule has 1 atom stereocenters. The van der Waals surface area contributed by atoms with E-state index in [9.17, 15) is 13.2 Å². The van der Waals surface area contributed by atoms with Crippen molar-refractivity contribution in [2.45, 2.75) is 17.4 Å². The Morgan fingerprint density at radius 1 is 1.36 bits per heavy atom. The molecule has 0 amide bonds. The third-order valence-corrected chi connectivity index (χ3v) is 5.74. The summed E-state index contributed by atoms with van der Waals surface area (Å²) >= 11 is 0. The normalized spacial score (nSPS) is 18.5. The summed E-state index contributed by atoms with van der Waals surface area (Å²) in [6.07, 6.45) is 0.762. The van der Waals surface area contributed by atoms with E-state index < -0.39 is 16.0 Å². The number of rotatable bonds is 5. The molecule has 1 unspecified atom stereocenters. The van der Waals surface area contributed by atoms with Crippen LogP contribution < -0.4 is 10.1 Å². The van der Waals surface area contributed by atoms with Crippen LogP contribution in [0.15, 0.2) is 23.1 Å². The Morgan fingerprint density at radius 2 is 2.09 bits per heavy atom. The summed E-state index contributed by atoms with van der Waals surface area (Å²) in [5, 5.41) is 3.14. The van der Waals surface area contributed by atoms with Gasteiger partial charge in [0.2, 0.25) is 10.0 Å². The van der Waals surface area contributed by atoms with Crippen LogP contribution in [0, 0.1) is 0 Å². The molecule has 7 nitrogen and oxygen atoms in total. The number of carbonyl (C=O) groups is 1. The zero-order chi connectivity index (χ0) is 16.3. The minimum atomic E-state index is -3.70. The topological polar surface area (TPSA) is 84.9 Å². The molecule has 0 aromatic heterocycles. The number of hydrogen-bond acceptors (Lipinski definition) is 6. The fourth-order valence-corrected chi connectivity index (χ4v) is 3.95. The third kappa shape index (κ3) is 3.08. The molecule has 1 saturated heterocycles. The van der Waals surface area contributed by atoms with Crippen LogP contribution in [-0.4, -0.2) is 59.1 Å². The van der Waals surface area contributed by atoms with Crippen molar-refractivity contribution in [3.8, 4) is 5.75 Å². The van der Waals surface area contributed by atoms with Crippen LogP contribution in [0.3, 0.4) is 0 Å². The van der Waals surface area contributed by atoms with Crippen molar-refractivity contribution in [2.75, 3.05) is 34.4 Å². The van der Waals surface area contributed by atoms with Crippen molar-refractivity contribution in [3.63, 3.8) is 0 Å². The van der Waals surface area contributed by atoms with Crippen LogP contribution in [-0.2, 0) is 14.8 Å². The molecule has 1 aliphatic rings. The fourth-order valence-electron chi connectivity index (χ4n) is 2.43. The van der Waals surface area contributed by atoms with E-state index in [4.69, 9.17) is 4.74 Å². The van der Waals surface area contributed by atoms with Gasteiger partial charge in [0.05, 0.1) is 19.8 Å². The van der Waals surface area contributed by atoms with Crippen molar-refractivity contribution >= 4 is 16.0 Å². The summed E-state index contributed by atoms with van der Waals surface area (Å²) < 4.78 is 36.6. The standard InChI is InChI=1S/C14H20N2O5S/c1-16(11-6-7-15-9-11)22(18,19)13-5-4-10(14(17)21-3)8-12(13)20-2/h4-5,8,11,15H,6-7,9H2,1-3H3. The Kier molecular flexibility index (Phi) is 5.05. The molecule has 0 aliphatic carbocycles. The maximum absolute atomic E-state index is 12.8. The molecule has 0 radical (unpaired) electrons. The van der Waals surface area contributed by atoms with E-state index in [0.29, 0.717) is 6.54 Å². The number of benzene rings is 1. The Bertz CT molecular complexity index is 653. The van der Waals surface area contributed by atoms with Gasteiger partial charge in [-0.05, 0) is 31.2 Å². The summed E-state index contributed by atoms with van der Waals surface area (Å²) in [5.41, 5.74) is 0.239. The van der Waals surface area contributed by atoms with Crippen molar-refractivity contribution in [1.82, 2.24) is 9.62 Å². The predicted octanol–water partition coefficient (Wildman–Crippen LogP) is 0.464. The summed E-state index contributed by atoms with van der Waals surface area (Å²) in [5.74, 6) is -0.420. The number of ether oxygens (including phenoxy) is 2. The Labute approximate surface area is 130 Å². The quantitative estimate of drug-likeness (QED) is 0.791. The number of nitrogens with one attached hydrogen (secondary N) is 1. The molecule has 1 aromatic carbocycles. The lowest BCUT2D eigenvalue weighted by Gasteiger charge is -2.24. The monoisotopic (exact) mass is 328 g/mol. The smallest absolute Gasteiger partial charge is 0.337 e. The average Bonchev–Trinajstić information content (AvgIpc) is 3.06. The van der Waals surface area contributed by atoms with Crippen molar-refractivity contribution in [1.29, 1.82) is 0 Å². The van der Waals surface area contributed by atoms with Gasteiger partial charge in [0.25, 0.3) is 0 Å². The van der Waals surface area contributed by atoms with Crippen LogP contribution in [0.5, 0.6) is 5.75 Å². The fraction of sp³-hybridized carbons (Fsp3) is 0.500. The molecule has 1 fully saturated rings. The van der Waals surface area contributed by atoms with Crippen LogP contribution in [0.1, 0.15) is 16.8 Å². The van der Waals surface area contributed by atoms with Gasteiger partial charge in [-0.2, -0.15) is 4.31 Å². The second-order valence-corrected chi connectivity index (χ2v) is 6.99. The molecular weight excluding hydrogens is 308 g/mol. The molecule has 8 heteroatoms. The van der Waals surface area contributed by atoms with Gasteiger partial charge in [-0.15, -0.1) is 0 Å². The molecule has 0 saturated carbocycles. The first-order chi connectivity index (χ1) is 10.4. The highest BCUT2D eigenvalue weighted by molar-refractivity contribution is 7.89. The highest BCUT2D eigenvalue weighted by Gasteiger charge is 2.32. The lowest BCUT2D eigenvalue weighted by atomic mass is 10.2. The number of carbonyl (C=O) groups excluding carboxylic acids is 1. The van der Waals surface area contributed by atoms with E-state index in [2.05, 4.69) is 10.1 Å². The molecule has 122 valence electrons. The first-order valence-corrected chi connectivity index (χ1v) is 8.31. The first-order valence-electron chi connectivity index (χ1n) is 6.87. The van der Waals surface area contributed by atoms with E-state index in [-0.39, 0.29) is 22.3 Å². The Hall–Kier alpha value is -1.64. The highest BCUT2D eigenvalue weighted by atomic mass is 32.2. The summed E-state index contributed by atoms with van der Waals surface area (Å²) in [7, 11) is 0.490. The van der Waals surface area contributed by atoms with Gasteiger partial charge in [0, 0.05) is 19.6 Å². The second-order valence-electron chi connectivity index (χ2n) is 5.03. The van der Waals surface area contributed by atoms with E-state index in [1.54, 1.807) is 7.05 Å². The number of esters is 1. The van der Waals surface area contributed by atoms with Crippen molar-refractivity contribution < 1.29 is 22.7 Å². The largest absolute Gasteiger partial charge is 0.495 e. The van der Waals surface area contributed by atoms with Gasteiger partial charge in [0.15, 0.2) is 0 Å². The minimum Gasteiger partial charge on any atom is -0.495 e. The maximum Gasteiger partial charge on any atom is 0.337 e. The minimum absolute atomic E-state index is 0.0389. The molecular formula is C14H20N2O5S. The number of likely N-dealkylation sites (N-methyl/N-ethyl adjacent to an activating group) is 1. The van der Waals surface area contributed by atoms with Gasteiger partial charge < -0.3 is 14.8 Å². The van der Waals surface area contributed by atoms with Gasteiger partial charge in [0.1, 0.15) is 10.6 Å². The number of sulfonamides is 1. The molecule has 1 aromatic rings. The Morgan fingerprint density at radius 3 is 2.64 bits per heavy atom. The van der Waals surface area contributed by atoms with Crippen LogP contribution >= 0.6 is 0 Å². The zero-order valence-electron chi connectivity index (χ0n) is 12.8. The zero-order valence-corrected chi connectivity index (χ0v) is 13.6. The van der Waals surface area contributed by atoms with Crippen LogP contribution in [0.2, 0.25) is 0 Å². The van der Waals surface area contributed by atoms with Crippen molar-refractivity contribution in [2.24, 2.45) is 0 Å². The van der Waals surface area contributed by atoms with E-state index in [0.717, 1.165) is 13.0 Å². The molecule has 1 aliphatic heterocycles. The number of nitrogens with zero attached hydrogens (tertiary/aromatic N) is 1. The van der Waals surface area contributed by atoms with Crippen LogP contribution in [0.25, 0.3) is 0 Å². The molecule has 0 bridgehead atoms. The summed E-state index contributed by atoms with van der Waals surface area (Å²) in [4.78, 5) is 11.6. The van der Waals surface area contributed by atoms with Gasteiger partial charge >= 0.3 is 5.97 Å². The summed E-state index contributed by atoms with van der Waals surface area (Å²) in [6.45, 7) is 1.42. The number of methoxy groups -OCH3 is 2. The third-order valence-electron chi connectivity index (χ3n) is 3.79. The lowest BCUT2D eigenvalue weighted by Crippen LogP contribution is -2.38. The van der Waals surface area contributed by atoms with Gasteiger partial charge in [-0.3, -0.25) is 0 Å². The average molecular weight is 328 g/mol. The molecule has 2 rings (SSSR count). The summed E-state index contributed by atoms with van der Waals surface area (Å²) in [6, 6.07) is 4.08. The maximum atomic E-state index is 12.8. The molecule has 22 heavy (non-hydrogen) atoms. The van der Waals surface area contributed by atoms with Crippen LogP contribution in [0.4, 0.5) is 0 Å². The van der Waals surface area contributed by atoms with E-state index >= 15 is 0 Å². The number of hydrogen-bond donors (Lipinski definition) is 1. The lowest BCUT2D eigenvalue weighted by molar-refractivity contribution is 0.0600. The Balaban J connectivity index is 2.39. The van der Waals surface area contributed by atoms with Crippen molar-refractivity contribution in [3.05, 3.63) is 23.8 Å². The molecule has 0 spiro atoms. The van der Waals surface area contributed by atoms with Gasteiger partial charge in [-0.25, -0.2) is 13.2 Å². The molecule has 1 heterocycles. The van der Waals surface area contributed by atoms with Gasteiger partial charge in [-0.1, -0.05) is 0 Å². The first kappa shape index (κ1) is 16.7. The highest BCUT2D eigenvalue weighted by Crippen LogP contribution is 2.29. The second kappa shape index (κ2) is 6.64. The molecule has 1 N–H and O–H groups in total. The predicted molar refractivity (Wildman–Crippen MR) is 80.6 cm³/mol.